The number of aliphatic hydroxyl groups is 1. The summed E-state index contributed by atoms with van der Waals surface area (Å²) in [5.74, 6) is 0.242. The van der Waals surface area contributed by atoms with Gasteiger partial charge in [-0.05, 0) is 47.3 Å². The van der Waals surface area contributed by atoms with Crippen LogP contribution in [0.3, 0.4) is 0 Å². The second kappa shape index (κ2) is 4.72. The number of rotatable bonds is 3. The van der Waals surface area contributed by atoms with Crippen molar-refractivity contribution in [3.8, 4) is 0 Å². The molecule has 0 aromatic carbocycles. The van der Waals surface area contributed by atoms with Crippen LogP contribution in [0.4, 0.5) is 0 Å². The number of aromatic nitrogens is 1. The Labute approximate surface area is 87.1 Å². The molecule has 3 heteroatoms. The van der Waals surface area contributed by atoms with Crippen LogP contribution in [-0.2, 0) is 6.42 Å². The summed E-state index contributed by atoms with van der Waals surface area (Å²) in [6, 6.07) is 3.86. The van der Waals surface area contributed by atoms with Gasteiger partial charge in [0.1, 0.15) is 0 Å². The summed E-state index contributed by atoms with van der Waals surface area (Å²) >= 11 is 3.43. The number of aliphatic hydroxyl groups excluding tert-OH is 1. The molecule has 0 spiro atoms. The van der Waals surface area contributed by atoms with Gasteiger partial charge < -0.3 is 5.11 Å². The number of halogens is 1. The van der Waals surface area contributed by atoms with Gasteiger partial charge in [-0.1, -0.05) is 6.92 Å². The highest BCUT2D eigenvalue weighted by molar-refractivity contribution is 9.10. The van der Waals surface area contributed by atoms with E-state index in [0.29, 0.717) is 0 Å². The van der Waals surface area contributed by atoms with Crippen LogP contribution in [-0.4, -0.2) is 16.2 Å². The molecular formula is C10H14BrNO. The summed E-state index contributed by atoms with van der Waals surface area (Å²) in [7, 11) is 0. The number of hydrogen-bond acceptors (Lipinski definition) is 2. The summed E-state index contributed by atoms with van der Waals surface area (Å²) in [4.78, 5) is 4.24. The van der Waals surface area contributed by atoms with E-state index < -0.39 is 0 Å². The van der Waals surface area contributed by atoms with Crippen LogP contribution < -0.4 is 0 Å². The van der Waals surface area contributed by atoms with Crippen molar-refractivity contribution in [3.05, 3.63) is 28.5 Å². The molecule has 0 saturated heterocycles. The molecule has 1 aromatic rings. The molecule has 0 aliphatic heterocycles. The Hall–Kier alpha value is -0.410. The van der Waals surface area contributed by atoms with Crippen molar-refractivity contribution in [3.63, 3.8) is 0 Å². The van der Waals surface area contributed by atoms with Gasteiger partial charge in [0.05, 0.1) is 11.8 Å². The maximum absolute atomic E-state index is 9.33. The van der Waals surface area contributed by atoms with Crippen LogP contribution >= 0.6 is 15.9 Å². The van der Waals surface area contributed by atoms with E-state index in [9.17, 15) is 5.11 Å². The van der Waals surface area contributed by atoms with E-state index in [2.05, 4.69) is 20.9 Å². The second-order valence-electron chi connectivity index (χ2n) is 3.35. The molecule has 0 saturated carbocycles. The van der Waals surface area contributed by atoms with Crippen LogP contribution in [0.1, 0.15) is 19.5 Å². The predicted molar refractivity (Wildman–Crippen MR) is 56.5 cm³/mol. The molecule has 0 radical (unpaired) electrons. The van der Waals surface area contributed by atoms with Crippen molar-refractivity contribution in [1.82, 2.24) is 4.98 Å². The third-order valence-corrected chi connectivity index (χ3v) is 2.90. The fourth-order valence-corrected chi connectivity index (χ4v) is 1.46. The Morgan fingerprint density at radius 2 is 2.23 bits per heavy atom. The van der Waals surface area contributed by atoms with Gasteiger partial charge in [0.15, 0.2) is 0 Å². The summed E-state index contributed by atoms with van der Waals surface area (Å²) in [6.07, 6.45) is 2.29. The van der Waals surface area contributed by atoms with E-state index in [4.69, 9.17) is 0 Å². The maximum atomic E-state index is 9.33. The Bertz CT molecular complexity index is 275. The van der Waals surface area contributed by atoms with Crippen molar-refractivity contribution in [2.45, 2.75) is 26.4 Å². The first-order valence-electron chi connectivity index (χ1n) is 4.38. The predicted octanol–water partition coefficient (Wildman–Crippen LogP) is 2.40. The minimum atomic E-state index is -0.283. The Morgan fingerprint density at radius 1 is 1.54 bits per heavy atom. The minimum Gasteiger partial charge on any atom is -0.393 e. The molecule has 1 rings (SSSR count). The molecule has 2 nitrogen and oxygen atoms in total. The lowest BCUT2D eigenvalue weighted by Gasteiger charge is -2.14. The SMILES string of the molecule is CC(O)C(C)Cc1ncccc1Br. The first kappa shape index (κ1) is 10.7. The highest BCUT2D eigenvalue weighted by atomic mass is 79.9. The lowest BCUT2D eigenvalue weighted by Crippen LogP contribution is -2.16. The summed E-state index contributed by atoms with van der Waals surface area (Å²) in [5.41, 5.74) is 1.01. The van der Waals surface area contributed by atoms with E-state index in [1.54, 1.807) is 6.20 Å². The van der Waals surface area contributed by atoms with E-state index in [1.807, 2.05) is 26.0 Å². The van der Waals surface area contributed by atoms with Crippen LogP contribution in [0.2, 0.25) is 0 Å². The molecule has 1 aromatic heterocycles. The zero-order valence-corrected chi connectivity index (χ0v) is 9.45. The van der Waals surface area contributed by atoms with Gasteiger partial charge in [-0.3, -0.25) is 4.98 Å². The van der Waals surface area contributed by atoms with Crippen molar-refractivity contribution in [2.75, 3.05) is 0 Å². The molecule has 0 aliphatic rings. The molecule has 2 unspecified atom stereocenters. The molecule has 0 bridgehead atoms. The van der Waals surface area contributed by atoms with Gasteiger partial charge in [0, 0.05) is 10.7 Å². The van der Waals surface area contributed by atoms with Crippen LogP contribution in [0.25, 0.3) is 0 Å². The van der Waals surface area contributed by atoms with Crippen molar-refractivity contribution < 1.29 is 5.11 Å². The van der Waals surface area contributed by atoms with Gasteiger partial charge in [-0.25, -0.2) is 0 Å². The zero-order chi connectivity index (χ0) is 9.84. The molecule has 0 amide bonds. The first-order valence-corrected chi connectivity index (χ1v) is 5.18. The fraction of sp³-hybridized carbons (Fsp3) is 0.500. The topological polar surface area (TPSA) is 33.1 Å². The first-order chi connectivity index (χ1) is 6.11. The molecule has 2 atom stereocenters. The Kier molecular flexibility index (Phi) is 3.88. The highest BCUT2D eigenvalue weighted by Crippen LogP contribution is 2.18. The standard InChI is InChI=1S/C10H14BrNO/c1-7(8(2)13)6-10-9(11)4-3-5-12-10/h3-5,7-8,13H,6H2,1-2H3. The highest BCUT2D eigenvalue weighted by Gasteiger charge is 2.11. The quantitative estimate of drug-likeness (QED) is 0.885. The maximum Gasteiger partial charge on any atom is 0.0549 e. The summed E-state index contributed by atoms with van der Waals surface area (Å²) in [5, 5.41) is 9.33. The lowest BCUT2D eigenvalue weighted by atomic mass is 10.00. The van der Waals surface area contributed by atoms with E-state index >= 15 is 0 Å². The largest absolute Gasteiger partial charge is 0.393 e. The average molecular weight is 244 g/mol. The molecule has 72 valence electrons. The molecule has 1 heterocycles. The molecule has 13 heavy (non-hydrogen) atoms. The van der Waals surface area contributed by atoms with E-state index in [0.717, 1.165) is 16.6 Å². The molecule has 0 aliphatic carbocycles. The monoisotopic (exact) mass is 243 g/mol. The molecule has 1 N–H and O–H groups in total. The van der Waals surface area contributed by atoms with Crippen LogP contribution in [0, 0.1) is 5.92 Å². The van der Waals surface area contributed by atoms with Crippen molar-refractivity contribution in [1.29, 1.82) is 0 Å². The minimum absolute atomic E-state index is 0.242. The van der Waals surface area contributed by atoms with E-state index in [-0.39, 0.29) is 12.0 Å². The molecular weight excluding hydrogens is 230 g/mol. The summed E-state index contributed by atoms with van der Waals surface area (Å²) < 4.78 is 1.02. The van der Waals surface area contributed by atoms with Gasteiger partial charge in [-0.2, -0.15) is 0 Å². The van der Waals surface area contributed by atoms with Gasteiger partial charge in [-0.15, -0.1) is 0 Å². The number of nitrogens with zero attached hydrogens (tertiary/aromatic N) is 1. The fourth-order valence-electron chi connectivity index (χ4n) is 1.04. The van der Waals surface area contributed by atoms with Crippen molar-refractivity contribution in [2.24, 2.45) is 5.92 Å². The van der Waals surface area contributed by atoms with E-state index in [1.165, 1.54) is 0 Å². The lowest BCUT2D eigenvalue weighted by molar-refractivity contribution is 0.134. The second-order valence-corrected chi connectivity index (χ2v) is 4.21. The summed E-state index contributed by atoms with van der Waals surface area (Å²) in [6.45, 7) is 3.83. The van der Waals surface area contributed by atoms with Crippen LogP contribution in [0.5, 0.6) is 0 Å². The number of pyridine rings is 1. The number of hydrogen-bond donors (Lipinski definition) is 1. The zero-order valence-electron chi connectivity index (χ0n) is 7.87. The van der Waals surface area contributed by atoms with Crippen molar-refractivity contribution >= 4 is 15.9 Å². The van der Waals surface area contributed by atoms with Gasteiger partial charge in [0.25, 0.3) is 0 Å². The van der Waals surface area contributed by atoms with Crippen LogP contribution in [0.15, 0.2) is 22.8 Å². The molecule has 0 fully saturated rings. The normalized spacial score (nSPS) is 15.4. The average Bonchev–Trinajstić information content (AvgIpc) is 2.08. The third-order valence-electron chi connectivity index (χ3n) is 2.17. The van der Waals surface area contributed by atoms with Gasteiger partial charge >= 0.3 is 0 Å². The Balaban J connectivity index is 2.69. The van der Waals surface area contributed by atoms with Gasteiger partial charge in [0.2, 0.25) is 0 Å². The Morgan fingerprint density at radius 3 is 2.77 bits per heavy atom. The smallest absolute Gasteiger partial charge is 0.0549 e. The third kappa shape index (κ3) is 3.08.